The Morgan fingerprint density at radius 3 is 2.37 bits per heavy atom. The number of esters is 1. The molecule has 0 aliphatic heterocycles. The number of benzene rings is 1. The molecule has 0 fully saturated rings. The first-order chi connectivity index (χ1) is 14.3. The van der Waals surface area contributed by atoms with Crippen molar-refractivity contribution in [3.8, 4) is 0 Å². The van der Waals surface area contributed by atoms with Crippen LogP contribution >= 0.6 is 11.3 Å². The van der Waals surface area contributed by atoms with Crippen molar-refractivity contribution in [1.82, 2.24) is 10.6 Å². The number of hydrogen-bond acceptors (Lipinski definition) is 6. The molecule has 0 saturated heterocycles. The summed E-state index contributed by atoms with van der Waals surface area (Å²) in [5.74, 6) is -0.898. The number of anilines is 1. The second kappa shape index (κ2) is 10.9. The van der Waals surface area contributed by atoms with Crippen molar-refractivity contribution in [3.05, 3.63) is 51.9 Å². The summed E-state index contributed by atoms with van der Waals surface area (Å²) in [7, 11) is 1.52. The van der Waals surface area contributed by atoms with Gasteiger partial charge < -0.3 is 20.7 Å². The molecule has 8 heteroatoms. The summed E-state index contributed by atoms with van der Waals surface area (Å²) < 4.78 is 5.11. The molecule has 0 unspecified atom stereocenters. The van der Waals surface area contributed by atoms with Gasteiger partial charge in [-0.3, -0.25) is 9.59 Å². The van der Waals surface area contributed by atoms with Crippen molar-refractivity contribution >= 4 is 34.1 Å². The molecule has 0 spiro atoms. The Bertz CT molecular complexity index is 893. The maximum Gasteiger partial charge on any atom is 0.341 e. The minimum Gasteiger partial charge on any atom is -0.462 e. The number of thiophene rings is 1. The van der Waals surface area contributed by atoms with Crippen molar-refractivity contribution in [1.29, 1.82) is 0 Å². The molecule has 2 aromatic rings. The third-order valence-corrected chi connectivity index (χ3v) is 5.83. The Labute approximate surface area is 181 Å². The van der Waals surface area contributed by atoms with Crippen molar-refractivity contribution in [3.63, 3.8) is 0 Å². The fourth-order valence-corrected chi connectivity index (χ4v) is 4.31. The van der Waals surface area contributed by atoms with Gasteiger partial charge in [0.1, 0.15) is 5.00 Å². The lowest BCUT2D eigenvalue weighted by molar-refractivity contribution is -0.115. The van der Waals surface area contributed by atoms with E-state index in [4.69, 9.17) is 4.74 Å². The number of hydrogen-bond donors (Lipinski definition) is 3. The molecule has 0 bridgehead atoms. The minimum atomic E-state index is -0.561. The highest BCUT2D eigenvalue weighted by Gasteiger charge is 2.26. The molecule has 1 atom stereocenters. The van der Waals surface area contributed by atoms with E-state index in [2.05, 4.69) is 29.8 Å². The van der Waals surface area contributed by atoms with E-state index in [1.54, 1.807) is 13.8 Å². The van der Waals surface area contributed by atoms with E-state index in [0.29, 0.717) is 15.4 Å². The first-order valence-electron chi connectivity index (χ1n) is 9.90. The zero-order chi connectivity index (χ0) is 22.3. The SMILES string of the molecule is CCOC(=O)c1c(NC(=O)CN[C@@H](c2ccccc2)C(C)C)sc(C(=O)NC)c1C. The van der Waals surface area contributed by atoms with E-state index < -0.39 is 5.97 Å². The Hall–Kier alpha value is -2.71. The van der Waals surface area contributed by atoms with Gasteiger partial charge in [-0.05, 0) is 30.9 Å². The highest BCUT2D eigenvalue weighted by molar-refractivity contribution is 7.18. The van der Waals surface area contributed by atoms with Crippen molar-refractivity contribution < 1.29 is 19.1 Å². The largest absolute Gasteiger partial charge is 0.462 e. The maximum absolute atomic E-state index is 12.6. The van der Waals surface area contributed by atoms with Gasteiger partial charge in [-0.1, -0.05) is 44.2 Å². The number of amides is 2. The molecule has 1 aromatic carbocycles. The third kappa shape index (κ3) is 5.67. The Morgan fingerprint density at radius 2 is 1.80 bits per heavy atom. The lowest BCUT2D eigenvalue weighted by Gasteiger charge is -2.22. The zero-order valence-corrected chi connectivity index (χ0v) is 18.8. The fraction of sp³-hybridized carbons (Fsp3) is 0.409. The first kappa shape index (κ1) is 23.6. The van der Waals surface area contributed by atoms with Gasteiger partial charge in [0.05, 0.1) is 23.6 Å². The van der Waals surface area contributed by atoms with Gasteiger partial charge in [-0.25, -0.2) is 4.79 Å². The molecule has 0 aliphatic carbocycles. The number of carbonyl (C=O) groups is 3. The van der Waals surface area contributed by atoms with E-state index in [1.807, 2.05) is 30.3 Å². The smallest absolute Gasteiger partial charge is 0.341 e. The van der Waals surface area contributed by atoms with Crippen LogP contribution in [-0.2, 0) is 9.53 Å². The van der Waals surface area contributed by atoms with E-state index in [9.17, 15) is 14.4 Å². The summed E-state index contributed by atoms with van der Waals surface area (Å²) in [6, 6.07) is 9.93. The van der Waals surface area contributed by atoms with Crippen LogP contribution in [0, 0.1) is 12.8 Å². The van der Waals surface area contributed by atoms with Gasteiger partial charge in [0, 0.05) is 13.1 Å². The summed E-state index contributed by atoms with van der Waals surface area (Å²) in [5.41, 5.74) is 1.81. The predicted octanol–water partition coefficient (Wildman–Crippen LogP) is 3.52. The molecule has 0 radical (unpaired) electrons. The van der Waals surface area contributed by atoms with E-state index >= 15 is 0 Å². The van der Waals surface area contributed by atoms with Crippen molar-refractivity contribution in [2.24, 2.45) is 5.92 Å². The van der Waals surface area contributed by atoms with Crippen LogP contribution in [0.1, 0.15) is 58.0 Å². The Morgan fingerprint density at radius 1 is 1.13 bits per heavy atom. The molecular weight excluding hydrogens is 402 g/mol. The predicted molar refractivity (Wildman–Crippen MR) is 119 cm³/mol. The fourth-order valence-electron chi connectivity index (χ4n) is 3.15. The van der Waals surface area contributed by atoms with Gasteiger partial charge in [0.25, 0.3) is 5.91 Å². The van der Waals surface area contributed by atoms with Crippen LogP contribution in [-0.4, -0.2) is 38.0 Å². The van der Waals surface area contributed by atoms with Gasteiger partial charge in [0.2, 0.25) is 5.91 Å². The summed E-state index contributed by atoms with van der Waals surface area (Å²) in [4.78, 5) is 37.6. The molecule has 2 amide bonds. The topological polar surface area (TPSA) is 96.5 Å². The summed E-state index contributed by atoms with van der Waals surface area (Å²) >= 11 is 1.07. The van der Waals surface area contributed by atoms with Crippen molar-refractivity contribution in [2.75, 3.05) is 25.5 Å². The van der Waals surface area contributed by atoms with E-state index in [0.717, 1.165) is 16.9 Å². The number of carbonyl (C=O) groups excluding carboxylic acids is 3. The monoisotopic (exact) mass is 431 g/mol. The minimum absolute atomic E-state index is 0.00739. The second-order valence-electron chi connectivity index (χ2n) is 7.12. The number of nitrogens with one attached hydrogen (secondary N) is 3. The van der Waals surface area contributed by atoms with Crippen LogP contribution < -0.4 is 16.0 Å². The molecule has 3 N–H and O–H groups in total. The lowest BCUT2D eigenvalue weighted by atomic mass is 9.96. The van der Waals surface area contributed by atoms with E-state index in [1.165, 1.54) is 7.05 Å². The lowest BCUT2D eigenvalue weighted by Crippen LogP contribution is -2.33. The second-order valence-corrected chi connectivity index (χ2v) is 8.14. The summed E-state index contributed by atoms with van der Waals surface area (Å²) in [5, 5.41) is 8.92. The van der Waals surface area contributed by atoms with E-state index in [-0.39, 0.29) is 42.5 Å². The van der Waals surface area contributed by atoms with Gasteiger partial charge in [-0.15, -0.1) is 11.3 Å². The maximum atomic E-state index is 12.6. The molecule has 0 aliphatic rings. The van der Waals surface area contributed by atoms with Crippen LogP contribution in [0.3, 0.4) is 0 Å². The summed E-state index contributed by atoms with van der Waals surface area (Å²) in [6.45, 7) is 7.81. The molecule has 1 heterocycles. The molecule has 0 saturated carbocycles. The standard InChI is InChI=1S/C22H29N3O4S/c1-6-29-22(28)17-14(4)19(20(27)23-5)30-21(17)25-16(26)12-24-18(13(2)3)15-10-8-7-9-11-15/h7-11,13,18,24H,6,12H2,1-5H3,(H,23,27)(H,25,26)/t18-/m1/s1. The zero-order valence-electron chi connectivity index (χ0n) is 18.0. The average Bonchev–Trinajstić information content (AvgIpc) is 3.04. The van der Waals surface area contributed by atoms with Crippen LogP contribution in [0.5, 0.6) is 0 Å². The first-order valence-corrected chi connectivity index (χ1v) is 10.7. The number of ether oxygens (including phenoxy) is 1. The van der Waals surface area contributed by atoms with Crippen LogP contribution in [0.4, 0.5) is 5.00 Å². The summed E-state index contributed by atoms with van der Waals surface area (Å²) in [6.07, 6.45) is 0. The van der Waals surface area contributed by atoms with Crippen molar-refractivity contribution in [2.45, 2.75) is 33.7 Å². The van der Waals surface area contributed by atoms with Gasteiger partial charge >= 0.3 is 5.97 Å². The number of rotatable bonds is 9. The highest BCUT2D eigenvalue weighted by atomic mass is 32.1. The molecule has 1 aromatic heterocycles. The molecule has 7 nitrogen and oxygen atoms in total. The molecule has 162 valence electrons. The Balaban J connectivity index is 2.19. The quantitative estimate of drug-likeness (QED) is 0.528. The van der Waals surface area contributed by atoms with Gasteiger partial charge in [-0.2, -0.15) is 0 Å². The average molecular weight is 432 g/mol. The third-order valence-electron chi connectivity index (χ3n) is 4.62. The molecule has 30 heavy (non-hydrogen) atoms. The highest BCUT2D eigenvalue weighted by Crippen LogP contribution is 2.33. The Kier molecular flexibility index (Phi) is 8.56. The van der Waals surface area contributed by atoms with Gasteiger partial charge in [0.15, 0.2) is 0 Å². The van der Waals surface area contributed by atoms with Crippen LogP contribution in [0.25, 0.3) is 0 Å². The van der Waals surface area contributed by atoms with Crippen LogP contribution in [0.15, 0.2) is 30.3 Å². The normalized spacial score (nSPS) is 11.8. The van der Waals surface area contributed by atoms with Crippen LogP contribution in [0.2, 0.25) is 0 Å². The molecular formula is C22H29N3O4S. The molecule has 2 rings (SSSR count).